The van der Waals surface area contributed by atoms with Crippen molar-refractivity contribution in [2.75, 3.05) is 0 Å². The third-order valence-corrected chi connectivity index (χ3v) is 1.29. The molecule has 0 aromatic rings. The summed E-state index contributed by atoms with van der Waals surface area (Å²) in [6.07, 6.45) is 8.32. The van der Waals surface area contributed by atoms with Gasteiger partial charge in [-0.05, 0) is 0 Å². The molecule has 0 fully saturated rings. The van der Waals surface area contributed by atoms with Crippen LogP contribution in [0, 0.1) is 21.3 Å². The van der Waals surface area contributed by atoms with E-state index in [-0.39, 0.29) is 24.5 Å². The fourth-order valence-electron chi connectivity index (χ4n) is 0.751. The van der Waals surface area contributed by atoms with Crippen molar-refractivity contribution in [3.05, 3.63) is 62.3 Å². The maximum Gasteiger partial charge on any atom is 0 e. The third kappa shape index (κ3) is 11.2. The maximum atomic E-state index is 7.75. The van der Waals surface area contributed by atoms with Crippen molar-refractivity contribution < 1.29 is 21.9 Å². The maximum absolute atomic E-state index is 7.75. The van der Waals surface area contributed by atoms with Gasteiger partial charge in [0.25, 0.3) is 0 Å². The van der Waals surface area contributed by atoms with Gasteiger partial charge in [0.15, 0.2) is 0 Å². The molecule has 1 aliphatic heterocycles. The van der Waals surface area contributed by atoms with E-state index in [0.29, 0.717) is 0 Å². The van der Waals surface area contributed by atoms with Crippen LogP contribution in [0.2, 0.25) is 0 Å². The van der Waals surface area contributed by atoms with Crippen molar-refractivity contribution in [3.8, 4) is 0 Å². The Hall–Kier alpha value is -0.921. The summed E-state index contributed by atoms with van der Waals surface area (Å²) in [5.74, 6) is 0. The van der Waals surface area contributed by atoms with Gasteiger partial charge in [-0.3, -0.25) is 6.79 Å². The smallest absolute Gasteiger partial charge is 0 e. The van der Waals surface area contributed by atoms with Crippen molar-refractivity contribution >= 4 is 6.79 Å². The molecule has 0 saturated carbocycles. The summed E-state index contributed by atoms with van der Waals surface area (Å²) >= 11 is 0. The van der Waals surface area contributed by atoms with Crippen LogP contribution in [0.4, 0.5) is 0 Å². The molecule has 0 amide bonds. The van der Waals surface area contributed by atoms with E-state index in [2.05, 4.69) is 26.0 Å². The number of carbonyl (C=O) groups excluding carboxylic acids is 1. The Morgan fingerprint density at radius 1 is 1.44 bits per heavy atom. The Labute approximate surface area is 111 Å². The summed E-state index contributed by atoms with van der Waals surface area (Å²) in [5, 5.41) is 4.23. The molecular weight excluding hydrogens is 241 g/mol. The molecule has 0 aromatic heterocycles. The van der Waals surface area contributed by atoms with Crippen LogP contribution in [0.25, 0.3) is 5.32 Å². The summed E-state index contributed by atoms with van der Waals surface area (Å²) in [6, 6.07) is 0. The van der Waals surface area contributed by atoms with E-state index < -0.39 is 0 Å². The zero-order valence-corrected chi connectivity index (χ0v) is 11.4. The van der Waals surface area contributed by atoms with Gasteiger partial charge in [0.1, 0.15) is 0 Å². The van der Waals surface area contributed by atoms with Crippen LogP contribution < -0.4 is 0 Å². The number of nitrogens with zero attached hydrogens (tertiary/aromatic N) is 1. The first-order valence-corrected chi connectivity index (χ1v) is 4.48. The summed E-state index contributed by atoms with van der Waals surface area (Å²) < 4.78 is 0. The molecule has 16 heavy (non-hydrogen) atoms. The largest absolute Gasteiger partial charge is 0.749 e. The van der Waals surface area contributed by atoms with Crippen LogP contribution in [-0.2, 0) is 21.9 Å². The van der Waals surface area contributed by atoms with Crippen LogP contribution >= 0.6 is 0 Å². The first-order chi connectivity index (χ1) is 6.86. The standard InChI is InChI=1S/C9H10N.C2H6.CHO.CH3.Mn/c1-3-8-6-5-7-9(4-2)10-8;2*1-2;;/h3,5-7H,1-2,4H2;1-2H3;1H;1H3;/q-3;;2*-1;. The van der Waals surface area contributed by atoms with E-state index in [1.165, 1.54) is 0 Å². The second kappa shape index (κ2) is 19.6. The summed E-state index contributed by atoms with van der Waals surface area (Å²) in [7, 11) is 0. The zero-order chi connectivity index (χ0) is 11.4. The topological polar surface area (TPSA) is 31.2 Å². The van der Waals surface area contributed by atoms with Gasteiger partial charge < -0.3 is 30.2 Å². The Morgan fingerprint density at radius 3 is 2.31 bits per heavy atom. The van der Waals surface area contributed by atoms with Crippen LogP contribution in [0.15, 0.2) is 35.7 Å². The summed E-state index contributed by atoms with van der Waals surface area (Å²) in [6.45, 7) is 14.6. The Morgan fingerprint density at radius 2 is 1.94 bits per heavy atom. The fraction of sp³-hybridized carbons (Fsp3) is 0.231. The van der Waals surface area contributed by atoms with Crippen molar-refractivity contribution in [1.82, 2.24) is 0 Å². The molecule has 0 aromatic carbocycles. The van der Waals surface area contributed by atoms with Crippen molar-refractivity contribution in [3.63, 3.8) is 0 Å². The van der Waals surface area contributed by atoms with E-state index in [4.69, 9.17) is 4.79 Å². The molecule has 0 spiro atoms. The minimum Gasteiger partial charge on any atom is -0.749 e. The molecule has 0 N–H and O–H groups in total. The molecule has 0 saturated heterocycles. The van der Waals surface area contributed by atoms with Crippen molar-refractivity contribution in [2.45, 2.75) is 20.3 Å². The van der Waals surface area contributed by atoms with Gasteiger partial charge in [-0.25, -0.2) is 18.7 Å². The van der Waals surface area contributed by atoms with Gasteiger partial charge >= 0.3 is 0 Å². The minimum absolute atomic E-state index is 0. The van der Waals surface area contributed by atoms with Crippen LogP contribution in [0.5, 0.6) is 0 Å². The van der Waals surface area contributed by atoms with Crippen molar-refractivity contribution in [2.24, 2.45) is 0 Å². The molecule has 1 aliphatic rings. The Kier molecular flexibility index (Phi) is 29.9. The predicted octanol–water partition coefficient (Wildman–Crippen LogP) is 3.96. The molecule has 3 heteroatoms. The molecule has 0 unspecified atom stereocenters. The Bertz CT molecular complexity index is 220. The van der Waals surface area contributed by atoms with E-state index in [9.17, 15) is 0 Å². The third-order valence-electron chi connectivity index (χ3n) is 1.29. The molecular formula is C13H20MnNO-5. The first-order valence-electron chi connectivity index (χ1n) is 4.48. The van der Waals surface area contributed by atoms with Gasteiger partial charge in [0.2, 0.25) is 0 Å². The average Bonchev–Trinajstić information content (AvgIpc) is 2.34. The van der Waals surface area contributed by atoms with E-state index in [1.807, 2.05) is 32.1 Å². The van der Waals surface area contributed by atoms with Gasteiger partial charge in [-0.2, -0.15) is 12.5 Å². The number of hydrogen-bond donors (Lipinski definition) is 0. The summed E-state index contributed by atoms with van der Waals surface area (Å²) in [5.41, 5.74) is 1.93. The van der Waals surface area contributed by atoms with Gasteiger partial charge in [0, 0.05) is 17.1 Å². The van der Waals surface area contributed by atoms with Gasteiger partial charge in [-0.1, -0.05) is 26.0 Å². The minimum atomic E-state index is 0. The van der Waals surface area contributed by atoms with Gasteiger partial charge in [-0.15, -0.1) is 0 Å². The van der Waals surface area contributed by atoms with Crippen LogP contribution in [0.3, 0.4) is 0 Å². The van der Waals surface area contributed by atoms with E-state index in [0.717, 1.165) is 17.8 Å². The van der Waals surface area contributed by atoms with E-state index >= 15 is 0 Å². The average molecular weight is 261 g/mol. The molecule has 1 heterocycles. The van der Waals surface area contributed by atoms with E-state index in [1.54, 1.807) is 6.08 Å². The normalized spacial score (nSPS) is 13.4. The number of allylic oxidation sites excluding steroid dienone is 5. The molecule has 0 bridgehead atoms. The molecule has 0 atom stereocenters. The quantitative estimate of drug-likeness (QED) is 0.399. The number of hydrogen-bond acceptors (Lipinski definition) is 1. The molecule has 95 valence electrons. The summed E-state index contributed by atoms with van der Waals surface area (Å²) in [4.78, 5) is 7.75. The van der Waals surface area contributed by atoms with Crippen molar-refractivity contribution in [1.29, 1.82) is 0 Å². The number of rotatable bonds is 1. The zero-order valence-electron chi connectivity index (χ0n) is 10.2. The molecule has 1 radical (unpaired) electrons. The molecule has 0 aliphatic carbocycles. The molecule has 2 nitrogen and oxygen atoms in total. The predicted molar refractivity (Wildman–Crippen MR) is 68.5 cm³/mol. The van der Waals surface area contributed by atoms with Gasteiger partial charge in [0.05, 0.1) is 0 Å². The monoisotopic (exact) mass is 261 g/mol. The SMILES string of the molecule is CC.[CH-]=O.[CH2-]C=C1C=CC=C(C[CH2-])[N-]1.[CH3-].[Mn]. The van der Waals surface area contributed by atoms with Crippen LogP contribution in [-0.4, -0.2) is 6.79 Å². The second-order valence-electron chi connectivity index (χ2n) is 2.01. The fourth-order valence-corrected chi connectivity index (χ4v) is 0.751. The van der Waals surface area contributed by atoms with Crippen LogP contribution in [0.1, 0.15) is 20.3 Å². The second-order valence-corrected chi connectivity index (χ2v) is 2.01. The molecule has 1 rings (SSSR count). The Balaban J connectivity index is -0.000000109. The first kappa shape index (κ1) is 24.4.